The molecule has 1 fully saturated rings. The number of aromatic nitrogens is 1. The quantitative estimate of drug-likeness (QED) is 0.854. The average Bonchev–Trinajstić information content (AvgIpc) is 2.93. The number of likely N-dealkylation sites (tertiary alicyclic amines) is 1. The lowest BCUT2D eigenvalue weighted by Crippen LogP contribution is -2.33. The summed E-state index contributed by atoms with van der Waals surface area (Å²) in [6, 6.07) is 0. The Kier molecular flexibility index (Phi) is 3.98. The number of nitrogens with zero attached hydrogens (tertiary/aromatic N) is 3. The van der Waals surface area contributed by atoms with Crippen LogP contribution >= 0.6 is 11.3 Å². The maximum atomic E-state index is 12.4. The second-order valence-electron chi connectivity index (χ2n) is 4.41. The van der Waals surface area contributed by atoms with Gasteiger partial charge in [-0.15, -0.1) is 0 Å². The first-order chi connectivity index (χ1) is 8.88. The fourth-order valence-electron chi connectivity index (χ4n) is 1.88. The maximum Gasteiger partial charge on any atom is 0.427 e. The first-order valence-corrected chi connectivity index (χ1v) is 6.71. The number of hydrogen-bond acceptors (Lipinski definition) is 4. The lowest BCUT2D eigenvalue weighted by atomic mass is 10.4. The molecule has 1 aliphatic rings. The molecule has 1 saturated heterocycles. The van der Waals surface area contributed by atoms with Crippen LogP contribution in [0.4, 0.5) is 18.3 Å². The number of likely N-dealkylation sites (N-methyl/N-ethyl adjacent to an activating group) is 1. The lowest BCUT2D eigenvalue weighted by Gasteiger charge is -2.21. The Bertz CT molecular complexity index is 460. The highest BCUT2D eigenvalue weighted by atomic mass is 32.1. The van der Waals surface area contributed by atoms with E-state index < -0.39 is 11.1 Å². The molecule has 2 rings (SSSR count). The lowest BCUT2D eigenvalue weighted by molar-refractivity contribution is -0.134. The molecule has 8 heteroatoms. The first-order valence-electron chi connectivity index (χ1n) is 5.90. The molecule has 4 nitrogen and oxygen atoms in total. The van der Waals surface area contributed by atoms with Gasteiger partial charge in [0.25, 0.3) is 0 Å². The number of amides is 1. The molecule has 1 aromatic heterocycles. The van der Waals surface area contributed by atoms with Crippen molar-refractivity contribution >= 4 is 22.4 Å². The van der Waals surface area contributed by atoms with E-state index in [9.17, 15) is 18.0 Å². The molecule has 0 aliphatic carbocycles. The van der Waals surface area contributed by atoms with Crippen LogP contribution in [0.2, 0.25) is 0 Å². The number of hydrogen-bond donors (Lipinski definition) is 0. The zero-order chi connectivity index (χ0) is 14.0. The molecule has 0 saturated carbocycles. The molecule has 0 spiro atoms. The fraction of sp³-hybridized carbons (Fsp3) is 0.636. The zero-order valence-electron chi connectivity index (χ0n) is 10.4. The van der Waals surface area contributed by atoms with E-state index >= 15 is 0 Å². The van der Waals surface area contributed by atoms with Crippen LogP contribution in [-0.4, -0.2) is 42.5 Å². The molecule has 0 N–H and O–H groups in total. The third-order valence-corrected chi connectivity index (χ3v) is 4.13. The number of halogens is 3. The number of rotatable bonds is 4. The van der Waals surface area contributed by atoms with Gasteiger partial charge in [-0.25, -0.2) is 4.98 Å². The predicted octanol–water partition coefficient (Wildman–Crippen LogP) is 2.22. The Morgan fingerprint density at radius 3 is 2.79 bits per heavy atom. The molecule has 19 heavy (non-hydrogen) atoms. The summed E-state index contributed by atoms with van der Waals surface area (Å²) in [5, 5.41) is 0.318. The minimum atomic E-state index is -4.35. The van der Waals surface area contributed by atoms with Gasteiger partial charge >= 0.3 is 6.18 Å². The van der Waals surface area contributed by atoms with Gasteiger partial charge in [0.2, 0.25) is 5.91 Å². The fourth-order valence-corrected chi connectivity index (χ4v) is 2.65. The number of alkyl halides is 3. The van der Waals surface area contributed by atoms with Crippen molar-refractivity contribution in [3.05, 3.63) is 11.1 Å². The van der Waals surface area contributed by atoms with E-state index in [2.05, 4.69) is 4.98 Å². The average molecular weight is 293 g/mol. The summed E-state index contributed by atoms with van der Waals surface area (Å²) in [4.78, 5) is 17.8. The largest absolute Gasteiger partial charge is 0.427 e. The summed E-state index contributed by atoms with van der Waals surface area (Å²) >= 11 is 0.618. The second-order valence-corrected chi connectivity index (χ2v) is 5.42. The predicted molar refractivity (Wildman–Crippen MR) is 66.2 cm³/mol. The van der Waals surface area contributed by atoms with Crippen molar-refractivity contribution in [2.45, 2.75) is 19.0 Å². The van der Waals surface area contributed by atoms with Gasteiger partial charge in [-0.1, -0.05) is 11.3 Å². The van der Waals surface area contributed by atoms with Crippen LogP contribution < -0.4 is 4.90 Å². The van der Waals surface area contributed by atoms with Gasteiger partial charge in [0.05, 0.1) is 6.20 Å². The number of carbonyl (C=O) groups excluding carboxylic acids is 1. The van der Waals surface area contributed by atoms with Crippen LogP contribution in [0, 0.1) is 0 Å². The van der Waals surface area contributed by atoms with Crippen LogP contribution in [-0.2, 0) is 11.0 Å². The Balaban J connectivity index is 1.91. The van der Waals surface area contributed by atoms with E-state index in [0.29, 0.717) is 36.0 Å². The molecule has 2 heterocycles. The smallest absolute Gasteiger partial charge is 0.349 e. The molecule has 1 amide bonds. The topological polar surface area (TPSA) is 36.4 Å². The van der Waals surface area contributed by atoms with Gasteiger partial charge in [0, 0.05) is 33.1 Å². The standard InChI is InChI=1S/C11H14F3N3OS/c1-16(5-6-17-4-2-3-9(17)18)10-15-7-8(19-10)11(12,13)14/h7H,2-6H2,1H3. The molecular formula is C11H14F3N3OS. The molecule has 106 valence electrons. The molecule has 0 radical (unpaired) electrons. The van der Waals surface area contributed by atoms with Gasteiger partial charge in [-0.2, -0.15) is 13.2 Å². The van der Waals surface area contributed by atoms with Gasteiger partial charge < -0.3 is 9.80 Å². The molecule has 1 aliphatic heterocycles. The highest BCUT2D eigenvalue weighted by Gasteiger charge is 2.33. The highest BCUT2D eigenvalue weighted by Crippen LogP contribution is 2.35. The summed E-state index contributed by atoms with van der Waals surface area (Å²) in [7, 11) is 1.68. The monoisotopic (exact) mass is 293 g/mol. The van der Waals surface area contributed by atoms with Crippen LogP contribution in [0.25, 0.3) is 0 Å². The molecule has 0 bridgehead atoms. The third-order valence-electron chi connectivity index (χ3n) is 2.98. The highest BCUT2D eigenvalue weighted by molar-refractivity contribution is 7.15. The SMILES string of the molecule is CN(CCN1CCCC1=O)c1ncc(C(F)(F)F)s1. The van der Waals surface area contributed by atoms with Crippen molar-refractivity contribution in [3.8, 4) is 0 Å². The van der Waals surface area contributed by atoms with Crippen molar-refractivity contribution in [2.24, 2.45) is 0 Å². The third kappa shape index (κ3) is 3.37. The summed E-state index contributed by atoms with van der Waals surface area (Å²) in [5.41, 5.74) is 0. The van der Waals surface area contributed by atoms with Crippen molar-refractivity contribution in [2.75, 3.05) is 31.6 Å². The van der Waals surface area contributed by atoms with Crippen LogP contribution in [0.3, 0.4) is 0 Å². The summed E-state index contributed by atoms with van der Waals surface area (Å²) in [5.74, 6) is 0.114. The maximum absolute atomic E-state index is 12.4. The van der Waals surface area contributed by atoms with Gasteiger partial charge in [0.1, 0.15) is 4.88 Å². The number of anilines is 1. The molecule has 1 aromatic rings. The molecule has 0 unspecified atom stereocenters. The van der Waals surface area contributed by atoms with E-state index in [0.717, 1.165) is 19.2 Å². The Morgan fingerprint density at radius 2 is 2.26 bits per heavy atom. The van der Waals surface area contributed by atoms with E-state index in [1.165, 1.54) is 0 Å². The molecule has 0 atom stereocenters. The Labute approximate surface area is 112 Å². The molecular weight excluding hydrogens is 279 g/mol. The number of carbonyl (C=O) groups is 1. The second kappa shape index (κ2) is 5.36. The van der Waals surface area contributed by atoms with Crippen molar-refractivity contribution in [1.82, 2.24) is 9.88 Å². The van der Waals surface area contributed by atoms with Gasteiger partial charge in [-0.3, -0.25) is 4.79 Å². The van der Waals surface area contributed by atoms with Crippen LogP contribution in [0.15, 0.2) is 6.20 Å². The normalized spacial score (nSPS) is 16.2. The first kappa shape index (κ1) is 14.1. The van der Waals surface area contributed by atoms with Gasteiger partial charge in [-0.05, 0) is 6.42 Å². The van der Waals surface area contributed by atoms with E-state index in [1.807, 2.05) is 0 Å². The van der Waals surface area contributed by atoms with Crippen LogP contribution in [0.5, 0.6) is 0 Å². The minimum absolute atomic E-state index is 0.114. The summed E-state index contributed by atoms with van der Waals surface area (Å²) in [6.45, 7) is 1.74. The summed E-state index contributed by atoms with van der Waals surface area (Å²) < 4.78 is 37.3. The van der Waals surface area contributed by atoms with Crippen molar-refractivity contribution < 1.29 is 18.0 Å². The zero-order valence-corrected chi connectivity index (χ0v) is 11.2. The Hall–Kier alpha value is -1.31. The summed E-state index contributed by atoms with van der Waals surface area (Å²) in [6.07, 6.45) is -2.07. The van der Waals surface area contributed by atoms with E-state index in [4.69, 9.17) is 0 Å². The molecule has 0 aromatic carbocycles. The van der Waals surface area contributed by atoms with Crippen LogP contribution in [0.1, 0.15) is 17.7 Å². The number of thiazole rings is 1. The van der Waals surface area contributed by atoms with E-state index in [1.54, 1.807) is 16.8 Å². The minimum Gasteiger partial charge on any atom is -0.349 e. The van der Waals surface area contributed by atoms with Gasteiger partial charge in [0.15, 0.2) is 5.13 Å². The van der Waals surface area contributed by atoms with E-state index in [-0.39, 0.29) is 5.91 Å². The Morgan fingerprint density at radius 1 is 1.53 bits per heavy atom. The van der Waals surface area contributed by atoms with Crippen molar-refractivity contribution in [3.63, 3.8) is 0 Å². The van der Waals surface area contributed by atoms with Crippen molar-refractivity contribution in [1.29, 1.82) is 0 Å².